The molecule has 10 rings (SSSR count). The van der Waals surface area contributed by atoms with Crippen molar-refractivity contribution < 1.29 is 74.0 Å². The molecule has 10 atom stereocenters. The molecule has 0 saturated carbocycles. The Balaban J connectivity index is 0.000000166. The van der Waals surface area contributed by atoms with Gasteiger partial charge >= 0.3 is 29.6 Å². The van der Waals surface area contributed by atoms with Crippen LogP contribution in [0.4, 0.5) is 0 Å². The van der Waals surface area contributed by atoms with Gasteiger partial charge in [0.1, 0.15) is 18.3 Å². The smallest absolute Gasteiger partial charge is 1.00 e. The van der Waals surface area contributed by atoms with E-state index in [0.717, 1.165) is 56.0 Å². The molecular formula is C43H57N2NaO9. The maximum absolute atomic E-state index is 10.7. The molecule has 12 heteroatoms. The van der Waals surface area contributed by atoms with E-state index in [-0.39, 0.29) is 67.6 Å². The van der Waals surface area contributed by atoms with E-state index in [1.54, 1.807) is 14.2 Å². The summed E-state index contributed by atoms with van der Waals surface area (Å²) in [5.74, 6) is 4.61. The van der Waals surface area contributed by atoms with Crippen molar-refractivity contribution in [3.05, 3.63) is 70.8 Å². The van der Waals surface area contributed by atoms with Crippen molar-refractivity contribution >= 4 is 0 Å². The quantitative estimate of drug-likeness (QED) is 0.147. The number of piperidine rings is 2. The fourth-order valence-electron chi connectivity index (χ4n) is 11.6. The van der Waals surface area contributed by atoms with Crippen LogP contribution < -0.4 is 48.5 Å². The van der Waals surface area contributed by atoms with Crippen LogP contribution in [0.25, 0.3) is 0 Å². The predicted molar refractivity (Wildman–Crippen MR) is 203 cm³/mol. The first kappa shape index (κ1) is 39.7. The van der Waals surface area contributed by atoms with E-state index in [0.29, 0.717) is 62.0 Å². The maximum Gasteiger partial charge on any atom is 1.00 e. The van der Waals surface area contributed by atoms with Crippen molar-refractivity contribution in [3.8, 4) is 23.0 Å². The first-order chi connectivity index (χ1) is 26.3. The number of aliphatic hydroxyl groups is 1. The van der Waals surface area contributed by atoms with Crippen molar-refractivity contribution in [2.45, 2.75) is 73.8 Å². The Kier molecular flexibility index (Phi) is 11.5. The molecule has 2 aromatic carbocycles. The molecule has 8 aliphatic rings. The van der Waals surface area contributed by atoms with Gasteiger partial charge in [-0.3, -0.25) is 0 Å². The molecule has 0 aromatic heterocycles. The summed E-state index contributed by atoms with van der Waals surface area (Å²) >= 11 is 0. The Morgan fingerprint density at radius 2 is 1.20 bits per heavy atom. The number of likely N-dealkylation sites (N-methyl/N-ethyl adjacent to an activating group) is 2. The number of nitrogens with zero attached hydrogens (tertiary/aromatic N) is 2. The molecule has 2 saturated heterocycles. The van der Waals surface area contributed by atoms with Gasteiger partial charge in [0, 0.05) is 66.0 Å². The largest absolute Gasteiger partial charge is 1.00 e. The van der Waals surface area contributed by atoms with Crippen LogP contribution in [0.5, 0.6) is 23.0 Å². The van der Waals surface area contributed by atoms with Crippen LogP contribution in [0.3, 0.4) is 0 Å². The third kappa shape index (κ3) is 6.22. The molecule has 4 aliphatic carbocycles. The monoisotopic (exact) mass is 768 g/mol. The van der Waals surface area contributed by atoms with E-state index in [9.17, 15) is 5.11 Å². The summed E-state index contributed by atoms with van der Waals surface area (Å²) < 4.78 is 45.9. The molecule has 0 amide bonds. The van der Waals surface area contributed by atoms with Crippen LogP contribution in [0.2, 0.25) is 0 Å². The zero-order valence-electron chi connectivity index (χ0n) is 34.3. The van der Waals surface area contributed by atoms with Crippen molar-refractivity contribution in [2.24, 2.45) is 17.8 Å². The topological polar surface area (TPSA) is 101 Å². The number of aliphatic hydroxyl groups excluding tert-OH is 1. The maximum atomic E-state index is 10.7. The summed E-state index contributed by atoms with van der Waals surface area (Å²) in [6.45, 7) is 6.94. The minimum atomic E-state index is -0.588. The minimum absolute atomic E-state index is 0. The molecular weight excluding hydrogens is 711 g/mol. The number of benzene rings is 2. The normalized spacial score (nSPS) is 35.0. The summed E-state index contributed by atoms with van der Waals surface area (Å²) in [5.41, 5.74) is 5.41. The Labute approximate surface area is 349 Å². The van der Waals surface area contributed by atoms with E-state index in [4.69, 9.17) is 37.9 Å². The van der Waals surface area contributed by atoms with Gasteiger partial charge in [-0.25, -0.2) is 0 Å². The van der Waals surface area contributed by atoms with Gasteiger partial charge in [0.25, 0.3) is 0 Å². The number of hydrogen-bond donors (Lipinski definition) is 1. The minimum Gasteiger partial charge on any atom is -1.00 e. The molecule has 4 aliphatic heterocycles. The third-order valence-corrected chi connectivity index (χ3v) is 14.0. The standard InChI is InChI=1S/C22H29NO4.C21H27NO5.Na.H/c1-14-4-6-16-17-12-15-5-7-18(26-13-25-11-10-24-3)20-19(15)22(16,21(14)27-20)8-9-23(17)2;1-22-8-7-21-14-4-5-16(23)20(21)27-19-17(26-12-25-10-9-24-2)6-3-13(18(19)21)11-15(14)22;;/h4-7,14,16-17,21H,8-13H2,1-3H3;3-6,14-16,20,23H,7-12H2,1-2H3;;/q;;+1;-1/t14-,16?,17+,21-,22-;14?,15-,16+,20+,21+;;/m01../s1. The number of methoxy groups -OCH3 is 2. The van der Waals surface area contributed by atoms with E-state index in [2.05, 4.69) is 67.2 Å². The van der Waals surface area contributed by atoms with E-state index < -0.39 is 6.10 Å². The summed E-state index contributed by atoms with van der Waals surface area (Å²) in [4.78, 5) is 5.01. The summed E-state index contributed by atoms with van der Waals surface area (Å²) in [7, 11) is 7.80. The SMILES string of the molecule is COCCOCOc1ccc2c3c1O[C@H]1[C@@H](C)C=CC4[C@@H](C2)N(C)CC[C@@]341.COCCOCOc1ccc2c3c1O[C@H]1[C@@H](O)C=CC4[C@@H](C2)N(C)CC[C@@]341.[H-].[Na+]. The van der Waals surface area contributed by atoms with Crippen molar-refractivity contribution in [1.82, 2.24) is 9.80 Å². The fourth-order valence-corrected chi connectivity index (χ4v) is 11.6. The van der Waals surface area contributed by atoms with Crippen molar-refractivity contribution in [3.63, 3.8) is 0 Å². The molecule has 4 bridgehead atoms. The average molecular weight is 769 g/mol. The molecule has 11 nitrogen and oxygen atoms in total. The van der Waals surface area contributed by atoms with Gasteiger partial charge in [-0.05, 0) is 76.1 Å². The van der Waals surface area contributed by atoms with Crippen LogP contribution in [-0.4, -0.2) is 127 Å². The Bertz CT molecular complexity index is 1670. The van der Waals surface area contributed by atoms with Crippen LogP contribution in [0.1, 0.15) is 43.4 Å². The average Bonchev–Trinajstić information content (AvgIpc) is 3.72. The van der Waals surface area contributed by atoms with E-state index in [1.165, 1.54) is 22.3 Å². The molecule has 294 valence electrons. The zero-order chi connectivity index (χ0) is 37.2. The first-order valence-corrected chi connectivity index (χ1v) is 19.8. The number of ether oxygens (including phenoxy) is 8. The number of rotatable bonds is 12. The van der Waals surface area contributed by atoms with E-state index >= 15 is 0 Å². The van der Waals surface area contributed by atoms with Crippen LogP contribution >= 0.6 is 0 Å². The predicted octanol–water partition coefficient (Wildman–Crippen LogP) is 1.38. The number of likely N-dealkylation sites (tertiary alicyclic amines) is 2. The van der Waals surface area contributed by atoms with Crippen molar-refractivity contribution in [2.75, 3.05) is 81.4 Å². The first-order valence-electron chi connectivity index (χ1n) is 19.8. The molecule has 55 heavy (non-hydrogen) atoms. The van der Waals surface area contributed by atoms with Crippen LogP contribution in [0, 0.1) is 17.8 Å². The van der Waals surface area contributed by atoms with Gasteiger partial charge in [-0.2, -0.15) is 0 Å². The van der Waals surface area contributed by atoms with Gasteiger partial charge < -0.3 is 54.2 Å². The second kappa shape index (κ2) is 15.9. The molecule has 4 heterocycles. The summed E-state index contributed by atoms with van der Waals surface area (Å²) in [6, 6.07) is 9.49. The van der Waals surface area contributed by atoms with Crippen LogP contribution in [-0.2, 0) is 42.6 Å². The second-order valence-corrected chi connectivity index (χ2v) is 16.5. The van der Waals surface area contributed by atoms with Gasteiger partial charge in [0.2, 0.25) is 0 Å². The molecule has 2 aromatic rings. The van der Waals surface area contributed by atoms with Gasteiger partial charge in [0.15, 0.2) is 36.6 Å². The fraction of sp³-hybridized carbons (Fsp3) is 0.628. The molecule has 2 fully saturated rings. The van der Waals surface area contributed by atoms with Gasteiger partial charge in [-0.15, -0.1) is 0 Å². The second-order valence-electron chi connectivity index (χ2n) is 16.5. The molecule has 1 N–H and O–H groups in total. The summed E-state index contributed by atoms with van der Waals surface area (Å²) in [6.07, 6.45) is 12.6. The summed E-state index contributed by atoms with van der Waals surface area (Å²) in [5, 5.41) is 10.7. The molecule has 2 unspecified atom stereocenters. The third-order valence-electron chi connectivity index (χ3n) is 14.0. The zero-order valence-corrected chi connectivity index (χ0v) is 35.3. The molecule has 2 spiro atoms. The molecule has 0 radical (unpaired) electrons. The van der Waals surface area contributed by atoms with Crippen LogP contribution in [0.15, 0.2) is 48.6 Å². The van der Waals surface area contributed by atoms with E-state index in [1.807, 2.05) is 12.1 Å². The van der Waals surface area contributed by atoms with Gasteiger partial charge in [-0.1, -0.05) is 43.4 Å². The van der Waals surface area contributed by atoms with Crippen molar-refractivity contribution in [1.29, 1.82) is 0 Å². The Hall–Kier alpha value is -2.16. The Morgan fingerprint density at radius 1 is 0.709 bits per heavy atom. The number of hydrogen-bond acceptors (Lipinski definition) is 11. The Morgan fingerprint density at radius 3 is 1.73 bits per heavy atom. The van der Waals surface area contributed by atoms with Gasteiger partial charge in [0.05, 0.1) is 26.4 Å².